The van der Waals surface area contributed by atoms with Gasteiger partial charge in [0.2, 0.25) is 0 Å². The maximum Gasteiger partial charge on any atom is 0.314 e. The number of aliphatic carboxylic acids is 1. The molecule has 1 aliphatic carbocycles. The van der Waals surface area contributed by atoms with Crippen LogP contribution in [0.3, 0.4) is 0 Å². The summed E-state index contributed by atoms with van der Waals surface area (Å²) >= 11 is 6.04. The van der Waals surface area contributed by atoms with Crippen molar-refractivity contribution in [1.82, 2.24) is 0 Å². The van der Waals surface area contributed by atoms with E-state index in [1.807, 2.05) is 13.0 Å². The lowest BCUT2D eigenvalue weighted by Gasteiger charge is -2.42. The van der Waals surface area contributed by atoms with Gasteiger partial charge in [0.05, 0.1) is 11.5 Å². The van der Waals surface area contributed by atoms with E-state index >= 15 is 0 Å². The predicted molar refractivity (Wildman–Crippen MR) is 60.7 cm³/mol. The van der Waals surface area contributed by atoms with E-state index in [1.54, 1.807) is 12.1 Å². The van der Waals surface area contributed by atoms with E-state index in [4.69, 9.17) is 11.6 Å². The van der Waals surface area contributed by atoms with Crippen molar-refractivity contribution in [2.45, 2.75) is 31.3 Å². The van der Waals surface area contributed by atoms with Gasteiger partial charge in [0.15, 0.2) is 0 Å². The Balaban J connectivity index is 2.48. The van der Waals surface area contributed by atoms with E-state index in [1.165, 1.54) is 0 Å². The van der Waals surface area contributed by atoms with Gasteiger partial charge in [-0.05, 0) is 31.4 Å². The van der Waals surface area contributed by atoms with Crippen molar-refractivity contribution in [3.63, 3.8) is 0 Å². The predicted octanol–water partition coefficient (Wildman–Crippen LogP) is 2.13. The second-order valence-electron chi connectivity index (χ2n) is 4.43. The third-order valence-electron chi connectivity index (χ3n) is 3.21. The van der Waals surface area contributed by atoms with E-state index in [-0.39, 0.29) is 12.8 Å². The molecule has 0 aliphatic heterocycles. The average molecular weight is 241 g/mol. The molecule has 86 valence electrons. The SMILES string of the molecule is Cc1ccc(Cl)c(C2(C(=O)O)CC(O)C2)c1. The average Bonchev–Trinajstić information content (AvgIpc) is 2.16. The van der Waals surface area contributed by atoms with Gasteiger partial charge in [0.25, 0.3) is 0 Å². The summed E-state index contributed by atoms with van der Waals surface area (Å²) in [7, 11) is 0. The second kappa shape index (κ2) is 3.75. The van der Waals surface area contributed by atoms with Crippen molar-refractivity contribution in [1.29, 1.82) is 0 Å². The Labute approximate surface area is 98.7 Å². The van der Waals surface area contributed by atoms with Gasteiger partial charge in [-0.15, -0.1) is 0 Å². The molecular weight excluding hydrogens is 228 g/mol. The first kappa shape index (κ1) is 11.4. The molecule has 3 nitrogen and oxygen atoms in total. The summed E-state index contributed by atoms with van der Waals surface area (Å²) < 4.78 is 0. The summed E-state index contributed by atoms with van der Waals surface area (Å²) in [5.41, 5.74) is 0.594. The van der Waals surface area contributed by atoms with Gasteiger partial charge in [-0.25, -0.2) is 0 Å². The summed E-state index contributed by atoms with van der Waals surface area (Å²) in [6.45, 7) is 1.89. The van der Waals surface area contributed by atoms with Crippen LogP contribution in [0.2, 0.25) is 5.02 Å². The molecule has 1 fully saturated rings. The van der Waals surface area contributed by atoms with Crippen molar-refractivity contribution in [3.8, 4) is 0 Å². The van der Waals surface area contributed by atoms with E-state index in [2.05, 4.69) is 0 Å². The minimum atomic E-state index is -0.998. The van der Waals surface area contributed by atoms with Gasteiger partial charge in [0, 0.05) is 5.02 Å². The minimum Gasteiger partial charge on any atom is -0.481 e. The molecule has 1 aromatic rings. The number of aryl methyl sites for hydroxylation is 1. The van der Waals surface area contributed by atoms with Crippen LogP contribution in [0.4, 0.5) is 0 Å². The molecule has 4 heteroatoms. The Kier molecular flexibility index (Phi) is 2.68. The molecule has 2 rings (SSSR count). The first-order valence-electron chi connectivity index (χ1n) is 5.14. The van der Waals surface area contributed by atoms with Crippen LogP contribution in [-0.4, -0.2) is 22.3 Å². The molecule has 0 amide bonds. The second-order valence-corrected chi connectivity index (χ2v) is 4.84. The summed E-state index contributed by atoms with van der Waals surface area (Å²) in [6, 6.07) is 5.35. The van der Waals surface area contributed by atoms with Gasteiger partial charge >= 0.3 is 5.97 Å². The van der Waals surface area contributed by atoms with Gasteiger partial charge in [-0.3, -0.25) is 4.79 Å². The van der Waals surface area contributed by atoms with Crippen LogP contribution >= 0.6 is 11.6 Å². The van der Waals surface area contributed by atoms with Crippen LogP contribution in [0.1, 0.15) is 24.0 Å². The van der Waals surface area contributed by atoms with Crippen LogP contribution in [0.15, 0.2) is 18.2 Å². The quantitative estimate of drug-likeness (QED) is 0.833. The largest absolute Gasteiger partial charge is 0.481 e. The molecule has 0 saturated heterocycles. The Morgan fingerprint density at radius 3 is 2.62 bits per heavy atom. The fourth-order valence-electron chi connectivity index (χ4n) is 2.26. The molecule has 1 aromatic carbocycles. The Bertz CT molecular complexity index is 436. The maximum absolute atomic E-state index is 11.3. The maximum atomic E-state index is 11.3. The third-order valence-corrected chi connectivity index (χ3v) is 3.54. The Morgan fingerprint density at radius 2 is 2.12 bits per heavy atom. The number of hydrogen-bond acceptors (Lipinski definition) is 2. The fraction of sp³-hybridized carbons (Fsp3) is 0.417. The van der Waals surface area contributed by atoms with Crippen molar-refractivity contribution in [2.75, 3.05) is 0 Å². The number of aliphatic hydroxyl groups excluding tert-OH is 1. The lowest BCUT2D eigenvalue weighted by atomic mass is 9.62. The van der Waals surface area contributed by atoms with Gasteiger partial charge in [-0.2, -0.15) is 0 Å². The zero-order chi connectivity index (χ0) is 11.9. The lowest BCUT2D eigenvalue weighted by molar-refractivity contribution is -0.152. The van der Waals surface area contributed by atoms with Gasteiger partial charge in [-0.1, -0.05) is 29.3 Å². The first-order valence-corrected chi connectivity index (χ1v) is 5.51. The van der Waals surface area contributed by atoms with E-state index < -0.39 is 17.5 Å². The summed E-state index contributed by atoms with van der Waals surface area (Å²) in [5, 5.41) is 19.1. The molecule has 0 radical (unpaired) electrons. The summed E-state index contributed by atoms with van der Waals surface area (Å²) in [4.78, 5) is 11.3. The zero-order valence-electron chi connectivity index (χ0n) is 8.90. The molecule has 0 unspecified atom stereocenters. The summed E-state index contributed by atoms with van der Waals surface area (Å²) in [6.07, 6.45) is -0.0514. The molecule has 0 atom stereocenters. The highest BCUT2D eigenvalue weighted by Gasteiger charge is 2.52. The number of halogens is 1. The molecule has 2 N–H and O–H groups in total. The zero-order valence-corrected chi connectivity index (χ0v) is 9.66. The Morgan fingerprint density at radius 1 is 1.50 bits per heavy atom. The summed E-state index contributed by atoms with van der Waals surface area (Å²) in [5.74, 6) is -0.912. The van der Waals surface area contributed by atoms with Crippen molar-refractivity contribution in [3.05, 3.63) is 34.3 Å². The van der Waals surface area contributed by atoms with Crippen LogP contribution < -0.4 is 0 Å². The number of hydrogen-bond donors (Lipinski definition) is 2. The van der Waals surface area contributed by atoms with Crippen LogP contribution in [0.25, 0.3) is 0 Å². The number of rotatable bonds is 2. The van der Waals surface area contributed by atoms with Crippen LogP contribution in [0, 0.1) is 6.92 Å². The van der Waals surface area contributed by atoms with Crippen LogP contribution in [-0.2, 0) is 10.2 Å². The highest BCUT2D eigenvalue weighted by molar-refractivity contribution is 6.31. The standard InChI is InChI=1S/C12H13ClO3/c1-7-2-3-10(13)9(4-7)12(11(15)16)5-8(14)6-12/h2-4,8,14H,5-6H2,1H3,(H,15,16). The topological polar surface area (TPSA) is 57.5 Å². The lowest BCUT2D eigenvalue weighted by Crippen LogP contribution is -2.50. The molecule has 0 bridgehead atoms. The minimum absolute atomic E-state index is 0.242. The van der Waals surface area contributed by atoms with Crippen molar-refractivity contribution in [2.24, 2.45) is 0 Å². The molecule has 0 spiro atoms. The number of aliphatic hydroxyl groups is 1. The fourth-order valence-corrected chi connectivity index (χ4v) is 2.56. The number of carboxylic acids is 1. The van der Waals surface area contributed by atoms with Gasteiger partial charge in [0.1, 0.15) is 0 Å². The number of benzene rings is 1. The van der Waals surface area contributed by atoms with E-state index in [9.17, 15) is 15.0 Å². The number of carbonyl (C=O) groups is 1. The molecule has 1 aliphatic rings. The Hall–Kier alpha value is -1.06. The molecule has 1 saturated carbocycles. The van der Waals surface area contributed by atoms with Crippen molar-refractivity contribution >= 4 is 17.6 Å². The molecule has 0 heterocycles. The van der Waals surface area contributed by atoms with Crippen LogP contribution in [0.5, 0.6) is 0 Å². The monoisotopic (exact) mass is 240 g/mol. The normalized spacial score (nSPS) is 28.6. The molecular formula is C12H13ClO3. The molecule has 0 aromatic heterocycles. The van der Waals surface area contributed by atoms with E-state index in [0.29, 0.717) is 10.6 Å². The third kappa shape index (κ3) is 1.60. The van der Waals surface area contributed by atoms with Crippen molar-refractivity contribution < 1.29 is 15.0 Å². The molecule has 16 heavy (non-hydrogen) atoms. The smallest absolute Gasteiger partial charge is 0.314 e. The number of carboxylic acid groups (broad SMARTS) is 1. The van der Waals surface area contributed by atoms with E-state index in [0.717, 1.165) is 5.56 Å². The first-order chi connectivity index (χ1) is 7.45. The van der Waals surface area contributed by atoms with Gasteiger partial charge < -0.3 is 10.2 Å². The highest BCUT2D eigenvalue weighted by atomic mass is 35.5. The highest BCUT2D eigenvalue weighted by Crippen LogP contribution is 2.46.